The van der Waals surface area contributed by atoms with Gasteiger partial charge in [-0.05, 0) is 60.7 Å². The molecule has 0 fully saturated rings. The molecule has 198 valence electrons. The number of hydrogen-bond acceptors (Lipinski definition) is 12. The molecule has 1 heterocycles. The van der Waals surface area contributed by atoms with E-state index in [0.717, 1.165) is 41.1 Å². The van der Waals surface area contributed by atoms with Crippen LogP contribution in [0.4, 0.5) is 11.4 Å². The van der Waals surface area contributed by atoms with Gasteiger partial charge in [0.25, 0.3) is 5.56 Å². The maximum atomic E-state index is 13.2. The summed E-state index contributed by atoms with van der Waals surface area (Å²) in [5.41, 5.74) is -0.673. The van der Waals surface area contributed by atoms with E-state index >= 15 is 0 Å². The summed E-state index contributed by atoms with van der Waals surface area (Å²) in [6.45, 7) is 0. The summed E-state index contributed by atoms with van der Waals surface area (Å²) < 4.78 is 102. The first-order valence-corrected chi connectivity index (χ1v) is 14.3. The molecule has 0 amide bonds. The fraction of sp³-hybridized carbons (Fsp3) is 0. The van der Waals surface area contributed by atoms with Crippen molar-refractivity contribution in [1.29, 1.82) is 0 Å². The molecule has 0 radical (unpaired) electrons. The molecule has 0 bridgehead atoms. The smallest absolute Gasteiger partial charge is 0.744 e. The molecule has 4 rings (SSSR count). The Morgan fingerprint density at radius 3 is 1.39 bits per heavy atom. The van der Waals surface area contributed by atoms with Crippen molar-refractivity contribution < 1.29 is 128 Å². The van der Waals surface area contributed by atoms with Gasteiger partial charge in [0.2, 0.25) is 0 Å². The molecular formula is C21H13N4Na3O10S3. The third-order valence-corrected chi connectivity index (χ3v) is 7.62. The summed E-state index contributed by atoms with van der Waals surface area (Å²) in [7, 11) is -14.2. The SMILES string of the molecule is O=c1c(N=Nc2ccc(S(=O)(=O)[O-])cc2)c(-c2ccc(S(=O)(=O)[O-])cc2)[nH]n1-c1ccc(S(=O)(=O)[O-])cc1.[Na+].[Na+].[Na+]. The van der Waals surface area contributed by atoms with Crippen LogP contribution in [0.25, 0.3) is 16.9 Å². The summed E-state index contributed by atoms with van der Waals surface area (Å²) in [4.78, 5) is 11.7. The molecule has 0 aliphatic rings. The predicted molar refractivity (Wildman–Crippen MR) is 126 cm³/mol. The van der Waals surface area contributed by atoms with Crippen molar-refractivity contribution in [2.24, 2.45) is 10.2 Å². The van der Waals surface area contributed by atoms with E-state index in [4.69, 9.17) is 0 Å². The van der Waals surface area contributed by atoms with Crippen LogP contribution < -0.4 is 94.2 Å². The monoisotopic (exact) mass is 646 g/mol. The van der Waals surface area contributed by atoms with E-state index in [2.05, 4.69) is 15.3 Å². The van der Waals surface area contributed by atoms with Crippen molar-refractivity contribution in [3.63, 3.8) is 0 Å². The van der Waals surface area contributed by atoms with E-state index in [1.54, 1.807) is 0 Å². The van der Waals surface area contributed by atoms with Gasteiger partial charge in [0, 0.05) is 5.56 Å². The van der Waals surface area contributed by atoms with Gasteiger partial charge < -0.3 is 13.7 Å². The minimum absolute atomic E-state index is 0. The fourth-order valence-corrected chi connectivity index (χ4v) is 4.65. The standard InChI is InChI=1S/C21H16N4O10S3.3Na/c26-21-20(23-22-14-3-9-17(10-4-14)37(30,31)32)19(13-1-7-16(8-2-13)36(27,28)29)24-25(21)15-5-11-18(12-6-15)38(33,34)35;;;/h1-12,24H,(H,27,28,29)(H,30,31,32)(H,33,34,35);;;/q;3*+1/p-3. The van der Waals surface area contributed by atoms with Crippen molar-refractivity contribution in [2.45, 2.75) is 14.7 Å². The zero-order valence-corrected chi connectivity index (χ0v) is 30.0. The average Bonchev–Trinajstić information content (AvgIpc) is 3.17. The van der Waals surface area contributed by atoms with Crippen molar-refractivity contribution in [3.05, 3.63) is 83.2 Å². The molecule has 0 aliphatic carbocycles. The first-order valence-electron chi connectivity index (χ1n) is 10.1. The van der Waals surface area contributed by atoms with Gasteiger partial charge in [-0.1, -0.05) is 12.1 Å². The Labute approximate surface area is 300 Å². The van der Waals surface area contributed by atoms with Crippen molar-refractivity contribution in [2.75, 3.05) is 0 Å². The average molecular weight is 647 g/mol. The van der Waals surface area contributed by atoms with Gasteiger partial charge in [-0.15, -0.1) is 5.11 Å². The molecule has 0 aliphatic heterocycles. The van der Waals surface area contributed by atoms with E-state index in [-0.39, 0.29) is 117 Å². The van der Waals surface area contributed by atoms with Crippen molar-refractivity contribution in [1.82, 2.24) is 9.78 Å². The van der Waals surface area contributed by atoms with E-state index in [1.807, 2.05) is 0 Å². The molecule has 4 aromatic rings. The molecule has 0 atom stereocenters. The number of nitrogens with one attached hydrogen (secondary N) is 1. The second kappa shape index (κ2) is 14.7. The van der Waals surface area contributed by atoms with Crippen LogP contribution >= 0.6 is 0 Å². The summed E-state index contributed by atoms with van der Waals surface area (Å²) in [6.07, 6.45) is 0. The number of nitrogens with zero attached hydrogens (tertiary/aromatic N) is 3. The minimum atomic E-state index is -4.74. The molecule has 0 saturated heterocycles. The molecule has 41 heavy (non-hydrogen) atoms. The number of hydrogen-bond donors (Lipinski definition) is 1. The minimum Gasteiger partial charge on any atom is -0.744 e. The Balaban J connectivity index is 0.00000280. The number of benzene rings is 3. The van der Waals surface area contributed by atoms with Crippen LogP contribution in [0, 0.1) is 0 Å². The first kappa shape index (κ1) is 38.0. The van der Waals surface area contributed by atoms with E-state index < -0.39 is 50.6 Å². The Morgan fingerprint density at radius 1 is 0.585 bits per heavy atom. The Kier molecular flexibility index (Phi) is 13.6. The van der Waals surface area contributed by atoms with Crippen molar-refractivity contribution in [3.8, 4) is 16.9 Å². The van der Waals surface area contributed by atoms with E-state index in [9.17, 15) is 43.7 Å². The van der Waals surface area contributed by atoms with Crippen LogP contribution in [0.5, 0.6) is 0 Å². The van der Waals surface area contributed by atoms with Gasteiger partial charge in [0.05, 0.1) is 31.8 Å². The van der Waals surface area contributed by atoms with Gasteiger partial charge in [-0.2, -0.15) is 5.11 Å². The summed E-state index contributed by atoms with van der Waals surface area (Å²) in [6, 6.07) is 13.2. The molecule has 1 N–H and O–H groups in total. The predicted octanol–water partition coefficient (Wildman–Crippen LogP) is -7.03. The Bertz CT molecular complexity index is 1940. The molecule has 0 unspecified atom stereocenters. The van der Waals surface area contributed by atoms with Crippen LogP contribution in [0.15, 0.2) is 103 Å². The zero-order valence-electron chi connectivity index (χ0n) is 21.6. The number of rotatable bonds is 7. The zero-order chi connectivity index (χ0) is 27.9. The molecule has 3 aromatic carbocycles. The van der Waals surface area contributed by atoms with Gasteiger partial charge in [0.15, 0.2) is 5.69 Å². The third-order valence-electron chi connectivity index (χ3n) is 5.07. The van der Waals surface area contributed by atoms with Crippen LogP contribution in [0.3, 0.4) is 0 Å². The first-order chi connectivity index (χ1) is 17.6. The number of aromatic nitrogens is 2. The van der Waals surface area contributed by atoms with Gasteiger partial charge in [-0.25, -0.2) is 29.9 Å². The van der Waals surface area contributed by atoms with E-state index in [0.29, 0.717) is 0 Å². The maximum absolute atomic E-state index is 13.2. The fourth-order valence-electron chi connectivity index (χ4n) is 3.24. The molecule has 14 nitrogen and oxygen atoms in total. The topological polar surface area (TPSA) is 234 Å². The summed E-state index contributed by atoms with van der Waals surface area (Å²) >= 11 is 0. The maximum Gasteiger partial charge on any atom is 1.00 e. The molecular weight excluding hydrogens is 633 g/mol. The molecule has 1 aromatic heterocycles. The van der Waals surface area contributed by atoms with Gasteiger partial charge in [-0.3, -0.25) is 9.89 Å². The summed E-state index contributed by atoms with van der Waals surface area (Å²) in [5, 5.41) is 10.5. The number of H-pyrrole nitrogens is 1. The molecule has 20 heteroatoms. The summed E-state index contributed by atoms with van der Waals surface area (Å²) in [5.74, 6) is 0. The Morgan fingerprint density at radius 2 is 0.976 bits per heavy atom. The normalized spacial score (nSPS) is 11.8. The molecule has 0 saturated carbocycles. The second-order valence-electron chi connectivity index (χ2n) is 7.55. The quantitative estimate of drug-likeness (QED) is 0.113. The third kappa shape index (κ3) is 9.24. The number of aromatic amines is 1. The number of azo groups is 1. The second-order valence-corrected chi connectivity index (χ2v) is 11.7. The van der Waals surface area contributed by atoms with Gasteiger partial charge in [0.1, 0.15) is 30.4 Å². The van der Waals surface area contributed by atoms with Crippen LogP contribution in [-0.4, -0.2) is 48.7 Å². The van der Waals surface area contributed by atoms with Crippen LogP contribution in [-0.2, 0) is 30.4 Å². The van der Waals surface area contributed by atoms with E-state index in [1.165, 1.54) is 36.4 Å². The Hall–Kier alpha value is -1.000. The largest absolute Gasteiger partial charge is 1.00 e. The molecule has 0 spiro atoms. The van der Waals surface area contributed by atoms with Gasteiger partial charge >= 0.3 is 88.7 Å². The van der Waals surface area contributed by atoms with Crippen LogP contribution in [0.1, 0.15) is 0 Å². The van der Waals surface area contributed by atoms with Crippen LogP contribution in [0.2, 0.25) is 0 Å². The van der Waals surface area contributed by atoms with Crippen molar-refractivity contribution >= 4 is 41.7 Å².